The standard InChI is InChI=1S/C22H23FN8O/c1-11-26-8-13(9-27-11)32-21-29-19-17(14-5-12(23)6-15(25-2)18(14)28-19)20(30-21)31-4-3-22(10-31)7-16(22)24/h5-6,8-9,16,25H,3-4,7,10,24H2,1-2H3,(H,28,29,30)/t16-,22-/m0/s1. The van der Waals surface area contributed by atoms with E-state index in [9.17, 15) is 4.39 Å². The number of H-pyrrole nitrogens is 1. The van der Waals surface area contributed by atoms with Gasteiger partial charge in [-0.2, -0.15) is 9.97 Å². The second kappa shape index (κ2) is 6.73. The first kappa shape index (κ1) is 19.2. The Morgan fingerprint density at radius 3 is 2.75 bits per heavy atom. The quantitative estimate of drug-likeness (QED) is 0.448. The Balaban J connectivity index is 1.53. The predicted octanol–water partition coefficient (Wildman–Crippen LogP) is 3.11. The molecule has 4 heterocycles. The molecule has 1 aliphatic heterocycles. The van der Waals surface area contributed by atoms with Gasteiger partial charge in [0, 0.05) is 37.0 Å². The molecule has 164 valence electrons. The van der Waals surface area contributed by atoms with Crippen LogP contribution in [0.4, 0.5) is 15.9 Å². The van der Waals surface area contributed by atoms with Gasteiger partial charge in [-0.05, 0) is 31.9 Å². The molecule has 4 aromatic rings. The van der Waals surface area contributed by atoms with Crippen LogP contribution in [0.2, 0.25) is 0 Å². The molecule has 1 aliphatic carbocycles. The lowest BCUT2D eigenvalue weighted by Gasteiger charge is -2.19. The number of rotatable bonds is 4. The largest absolute Gasteiger partial charge is 0.421 e. The summed E-state index contributed by atoms with van der Waals surface area (Å²) in [6.45, 7) is 3.45. The van der Waals surface area contributed by atoms with Crippen molar-refractivity contribution in [3.63, 3.8) is 0 Å². The molecular weight excluding hydrogens is 411 g/mol. The van der Waals surface area contributed by atoms with Crippen LogP contribution in [0.3, 0.4) is 0 Å². The number of ether oxygens (including phenoxy) is 1. The van der Waals surface area contributed by atoms with Gasteiger partial charge in [-0.15, -0.1) is 0 Å². The fourth-order valence-electron chi connectivity index (χ4n) is 4.76. The maximum absolute atomic E-state index is 14.4. The van der Waals surface area contributed by atoms with Gasteiger partial charge in [0.15, 0.2) is 5.75 Å². The summed E-state index contributed by atoms with van der Waals surface area (Å²) in [5.41, 5.74) is 8.38. The molecule has 0 amide bonds. The molecule has 1 saturated heterocycles. The number of nitrogens with one attached hydrogen (secondary N) is 2. The zero-order valence-electron chi connectivity index (χ0n) is 17.8. The van der Waals surface area contributed by atoms with Crippen molar-refractivity contribution >= 4 is 33.4 Å². The minimum absolute atomic E-state index is 0.149. The topological polar surface area (TPSA) is 118 Å². The molecule has 2 aliphatic rings. The number of halogens is 1. The summed E-state index contributed by atoms with van der Waals surface area (Å²) >= 11 is 0. The summed E-state index contributed by atoms with van der Waals surface area (Å²) in [4.78, 5) is 23.2. The smallest absolute Gasteiger partial charge is 0.326 e. The molecule has 0 bridgehead atoms. The summed E-state index contributed by atoms with van der Waals surface area (Å²) in [7, 11) is 1.76. The predicted molar refractivity (Wildman–Crippen MR) is 120 cm³/mol. The van der Waals surface area contributed by atoms with E-state index >= 15 is 0 Å². The molecule has 0 unspecified atom stereocenters. The third-order valence-electron chi connectivity index (χ3n) is 6.66. The summed E-state index contributed by atoms with van der Waals surface area (Å²) in [5, 5.41) is 4.55. The molecule has 2 fully saturated rings. The number of anilines is 2. The van der Waals surface area contributed by atoms with Gasteiger partial charge in [0.1, 0.15) is 23.1 Å². The second-order valence-electron chi connectivity index (χ2n) is 8.72. The number of aromatic amines is 1. The number of nitrogens with two attached hydrogens (primary N) is 1. The molecule has 1 saturated carbocycles. The Morgan fingerprint density at radius 2 is 2.06 bits per heavy atom. The lowest BCUT2D eigenvalue weighted by molar-refractivity contribution is 0.439. The molecule has 32 heavy (non-hydrogen) atoms. The Bertz CT molecular complexity index is 1350. The molecule has 6 rings (SSSR count). The first-order valence-electron chi connectivity index (χ1n) is 10.6. The molecule has 2 atom stereocenters. The third kappa shape index (κ3) is 2.94. The summed E-state index contributed by atoms with van der Waals surface area (Å²) in [6.07, 6.45) is 5.21. The lowest BCUT2D eigenvalue weighted by Crippen LogP contribution is -2.24. The van der Waals surface area contributed by atoms with Gasteiger partial charge in [-0.1, -0.05) is 0 Å². The Labute approximate surface area is 183 Å². The van der Waals surface area contributed by atoms with E-state index in [0.29, 0.717) is 28.7 Å². The Hall–Kier alpha value is -3.53. The monoisotopic (exact) mass is 434 g/mol. The van der Waals surface area contributed by atoms with Crippen molar-refractivity contribution in [2.24, 2.45) is 11.1 Å². The zero-order chi connectivity index (χ0) is 22.0. The number of fused-ring (bicyclic) bond motifs is 3. The van der Waals surface area contributed by atoms with Crippen molar-refractivity contribution in [1.29, 1.82) is 0 Å². The van der Waals surface area contributed by atoms with Crippen molar-refractivity contribution < 1.29 is 9.13 Å². The van der Waals surface area contributed by atoms with Gasteiger partial charge in [-0.25, -0.2) is 14.4 Å². The van der Waals surface area contributed by atoms with Crippen LogP contribution in [-0.2, 0) is 0 Å². The second-order valence-corrected chi connectivity index (χ2v) is 8.72. The number of hydrogen-bond donors (Lipinski definition) is 3. The minimum Gasteiger partial charge on any atom is -0.421 e. The van der Waals surface area contributed by atoms with E-state index < -0.39 is 0 Å². The van der Waals surface area contributed by atoms with E-state index in [2.05, 4.69) is 30.2 Å². The number of hydrogen-bond acceptors (Lipinski definition) is 8. The average Bonchev–Trinajstić information content (AvgIpc) is 3.10. The fraction of sp³-hybridized carbons (Fsp3) is 0.364. The van der Waals surface area contributed by atoms with Crippen molar-refractivity contribution in [1.82, 2.24) is 24.9 Å². The van der Waals surface area contributed by atoms with E-state index in [1.807, 2.05) is 0 Å². The molecule has 10 heteroatoms. The number of benzene rings is 1. The van der Waals surface area contributed by atoms with Gasteiger partial charge in [0.2, 0.25) is 0 Å². The SMILES string of the molecule is CNc1cc(F)cc2c1[nH]c1nc(Oc3cnc(C)nc3)nc(N3CC[C@]4(C[C@@H]4N)C3)c12. The van der Waals surface area contributed by atoms with E-state index in [0.717, 1.165) is 42.2 Å². The van der Waals surface area contributed by atoms with Crippen molar-refractivity contribution in [2.75, 3.05) is 30.4 Å². The maximum Gasteiger partial charge on any atom is 0.326 e. The van der Waals surface area contributed by atoms with Gasteiger partial charge in [0.25, 0.3) is 0 Å². The summed E-state index contributed by atoms with van der Waals surface area (Å²) in [6, 6.07) is 3.38. The van der Waals surface area contributed by atoms with Crippen molar-refractivity contribution in [3.8, 4) is 11.8 Å². The van der Waals surface area contributed by atoms with Crippen LogP contribution in [-0.4, -0.2) is 51.1 Å². The molecule has 4 N–H and O–H groups in total. The first-order valence-corrected chi connectivity index (χ1v) is 10.6. The highest BCUT2D eigenvalue weighted by molar-refractivity contribution is 6.14. The van der Waals surface area contributed by atoms with Crippen LogP contribution in [0.1, 0.15) is 18.7 Å². The van der Waals surface area contributed by atoms with Gasteiger partial charge in [-0.3, -0.25) is 0 Å². The third-order valence-corrected chi connectivity index (χ3v) is 6.66. The van der Waals surface area contributed by atoms with Crippen LogP contribution in [0, 0.1) is 18.2 Å². The van der Waals surface area contributed by atoms with Gasteiger partial charge >= 0.3 is 6.01 Å². The number of aryl methyl sites for hydroxylation is 1. The first-order chi connectivity index (χ1) is 15.5. The highest BCUT2D eigenvalue weighted by Gasteiger charge is 2.56. The normalized spacial score (nSPS) is 22.2. The van der Waals surface area contributed by atoms with Crippen LogP contribution < -0.4 is 20.7 Å². The van der Waals surface area contributed by atoms with Gasteiger partial charge < -0.3 is 25.7 Å². The highest BCUT2D eigenvalue weighted by atomic mass is 19.1. The molecular formula is C22H23FN8O. The molecule has 3 aromatic heterocycles. The van der Waals surface area contributed by atoms with E-state index in [1.165, 1.54) is 12.1 Å². The van der Waals surface area contributed by atoms with E-state index in [4.69, 9.17) is 15.5 Å². The molecule has 9 nitrogen and oxygen atoms in total. The Morgan fingerprint density at radius 1 is 1.28 bits per heavy atom. The van der Waals surface area contributed by atoms with Crippen molar-refractivity contribution in [3.05, 3.63) is 36.2 Å². The van der Waals surface area contributed by atoms with Crippen LogP contribution in [0.5, 0.6) is 11.8 Å². The number of nitrogens with zero attached hydrogens (tertiary/aromatic N) is 5. The van der Waals surface area contributed by atoms with Crippen molar-refractivity contribution in [2.45, 2.75) is 25.8 Å². The number of aromatic nitrogens is 5. The molecule has 1 spiro atoms. The fourth-order valence-corrected chi connectivity index (χ4v) is 4.76. The lowest BCUT2D eigenvalue weighted by atomic mass is 10.1. The maximum atomic E-state index is 14.4. The Kier molecular flexibility index (Phi) is 4.03. The van der Waals surface area contributed by atoms with E-state index in [1.54, 1.807) is 26.4 Å². The molecule has 1 aromatic carbocycles. The van der Waals surface area contributed by atoms with Crippen LogP contribution >= 0.6 is 0 Å². The molecule has 0 radical (unpaired) electrons. The van der Waals surface area contributed by atoms with Crippen LogP contribution in [0.25, 0.3) is 21.9 Å². The summed E-state index contributed by atoms with van der Waals surface area (Å²) in [5.74, 6) is 1.48. The van der Waals surface area contributed by atoms with Gasteiger partial charge in [0.05, 0.1) is 29.0 Å². The van der Waals surface area contributed by atoms with E-state index in [-0.39, 0.29) is 23.3 Å². The zero-order valence-corrected chi connectivity index (χ0v) is 17.8. The average molecular weight is 434 g/mol. The minimum atomic E-state index is -0.326. The van der Waals surface area contributed by atoms with Crippen LogP contribution in [0.15, 0.2) is 24.5 Å². The highest BCUT2D eigenvalue weighted by Crippen LogP contribution is 2.53. The summed E-state index contributed by atoms with van der Waals surface area (Å²) < 4.78 is 20.3.